The Morgan fingerprint density at radius 1 is 1.03 bits per heavy atom. The van der Waals surface area contributed by atoms with Gasteiger partial charge in [0.2, 0.25) is 5.91 Å². The zero-order chi connectivity index (χ0) is 27.2. The Kier molecular flexibility index (Phi) is 8.23. The summed E-state index contributed by atoms with van der Waals surface area (Å²) in [5, 5.41) is 12.8. The number of anilines is 1. The molecule has 0 spiro atoms. The molecule has 0 radical (unpaired) electrons. The number of aromatic nitrogens is 1. The highest BCUT2D eigenvalue weighted by Gasteiger charge is 2.30. The number of ether oxygens (including phenoxy) is 1. The number of rotatable bonds is 8. The lowest BCUT2D eigenvalue weighted by Gasteiger charge is -2.39. The van der Waals surface area contributed by atoms with Gasteiger partial charge in [-0.3, -0.25) is 14.5 Å². The molecule has 2 aliphatic heterocycles. The SMILES string of the molecule is CC(C(=O)N1CCCC1)N1CCN(c2cc(C(=O)NCCOc3cccc(C#N)c3)c3ccccc3n2)CC1. The molecule has 9 heteroatoms. The second-order valence-corrected chi connectivity index (χ2v) is 10.0. The number of nitrogens with zero attached hydrogens (tertiary/aromatic N) is 5. The number of nitriles is 1. The number of amides is 2. The van der Waals surface area contributed by atoms with Crippen LogP contribution in [0.4, 0.5) is 5.82 Å². The fourth-order valence-corrected chi connectivity index (χ4v) is 5.29. The van der Waals surface area contributed by atoms with Crippen molar-refractivity contribution in [3.05, 3.63) is 65.7 Å². The minimum Gasteiger partial charge on any atom is -0.492 e. The molecule has 2 fully saturated rings. The second kappa shape index (κ2) is 12.1. The van der Waals surface area contributed by atoms with E-state index in [2.05, 4.69) is 21.2 Å². The first kappa shape index (κ1) is 26.4. The van der Waals surface area contributed by atoms with Crippen molar-refractivity contribution < 1.29 is 14.3 Å². The standard InChI is InChI=1S/C30H34N6O3/c1-22(30(38)36-12-4-5-13-36)34-14-16-35(17-15-34)28-20-26(25-9-2-3-10-27(25)33-28)29(37)32-11-18-39-24-8-6-7-23(19-24)21-31/h2-3,6-10,19-20,22H,4-5,11-18H2,1H3,(H,32,37). The van der Waals surface area contributed by atoms with Gasteiger partial charge < -0.3 is 19.9 Å². The van der Waals surface area contributed by atoms with E-state index < -0.39 is 0 Å². The van der Waals surface area contributed by atoms with Crippen LogP contribution in [0, 0.1) is 11.3 Å². The number of pyridine rings is 1. The van der Waals surface area contributed by atoms with Crippen LogP contribution in [-0.2, 0) is 4.79 Å². The quantitative estimate of drug-likeness (QED) is 0.450. The van der Waals surface area contributed by atoms with Gasteiger partial charge in [0.1, 0.15) is 18.2 Å². The van der Waals surface area contributed by atoms with E-state index in [9.17, 15) is 9.59 Å². The average Bonchev–Trinajstić information content (AvgIpc) is 3.53. The topological polar surface area (TPSA) is 102 Å². The lowest BCUT2D eigenvalue weighted by Crippen LogP contribution is -2.54. The number of benzene rings is 2. The van der Waals surface area contributed by atoms with Crippen LogP contribution in [0.15, 0.2) is 54.6 Å². The molecule has 1 atom stereocenters. The summed E-state index contributed by atoms with van der Waals surface area (Å²) in [6.07, 6.45) is 2.19. The van der Waals surface area contributed by atoms with Crippen LogP contribution in [-0.4, -0.2) is 85.1 Å². The third-order valence-electron chi connectivity index (χ3n) is 7.53. The van der Waals surface area contributed by atoms with Gasteiger partial charge in [-0.15, -0.1) is 0 Å². The maximum Gasteiger partial charge on any atom is 0.252 e. The molecule has 202 valence electrons. The van der Waals surface area contributed by atoms with Gasteiger partial charge in [0.05, 0.1) is 35.3 Å². The molecule has 3 heterocycles. The van der Waals surface area contributed by atoms with E-state index >= 15 is 0 Å². The highest BCUT2D eigenvalue weighted by Crippen LogP contribution is 2.25. The predicted molar refractivity (Wildman–Crippen MR) is 150 cm³/mol. The number of para-hydroxylation sites is 1. The number of hydrogen-bond donors (Lipinski definition) is 1. The van der Waals surface area contributed by atoms with Crippen LogP contribution in [0.2, 0.25) is 0 Å². The largest absolute Gasteiger partial charge is 0.492 e. The molecule has 1 N–H and O–H groups in total. The van der Waals surface area contributed by atoms with Gasteiger partial charge in [0.25, 0.3) is 5.91 Å². The third-order valence-corrected chi connectivity index (χ3v) is 7.53. The summed E-state index contributed by atoms with van der Waals surface area (Å²) in [4.78, 5) is 37.4. The predicted octanol–water partition coefficient (Wildman–Crippen LogP) is 3.05. The zero-order valence-electron chi connectivity index (χ0n) is 22.3. The summed E-state index contributed by atoms with van der Waals surface area (Å²) in [5.74, 6) is 1.40. The summed E-state index contributed by atoms with van der Waals surface area (Å²) < 4.78 is 5.70. The molecule has 0 bridgehead atoms. The highest BCUT2D eigenvalue weighted by molar-refractivity contribution is 6.07. The maximum absolute atomic E-state index is 13.2. The van der Waals surface area contributed by atoms with E-state index in [1.54, 1.807) is 24.3 Å². The number of piperazine rings is 1. The van der Waals surface area contributed by atoms with Crippen molar-refractivity contribution in [2.75, 3.05) is 57.3 Å². The van der Waals surface area contributed by atoms with Crippen molar-refractivity contribution in [2.24, 2.45) is 0 Å². The fourth-order valence-electron chi connectivity index (χ4n) is 5.29. The Morgan fingerprint density at radius 3 is 2.56 bits per heavy atom. The number of carbonyl (C=O) groups is 2. The maximum atomic E-state index is 13.2. The van der Waals surface area contributed by atoms with E-state index in [0.29, 0.717) is 23.4 Å². The summed E-state index contributed by atoms with van der Waals surface area (Å²) >= 11 is 0. The Bertz CT molecular complexity index is 1370. The first-order valence-electron chi connectivity index (χ1n) is 13.6. The number of carbonyl (C=O) groups excluding carboxylic acids is 2. The van der Waals surface area contributed by atoms with E-state index in [-0.39, 0.29) is 24.5 Å². The smallest absolute Gasteiger partial charge is 0.252 e. The minimum absolute atomic E-state index is 0.124. The van der Waals surface area contributed by atoms with Crippen molar-refractivity contribution >= 4 is 28.5 Å². The van der Waals surface area contributed by atoms with Crippen molar-refractivity contribution in [1.29, 1.82) is 5.26 Å². The fraction of sp³-hybridized carbons (Fsp3) is 0.400. The Balaban J connectivity index is 1.22. The van der Waals surface area contributed by atoms with Gasteiger partial charge >= 0.3 is 0 Å². The molecule has 0 aliphatic carbocycles. The van der Waals surface area contributed by atoms with Gasteiger partial charge in [-0.1, -0.05) is 24.3 Å². The molecule has 39 heavy (non-hydrogen) atoms. The Labute approximate surface area is 229 Å². The van der Waals surface area contributed by atoms with Gasteiger partial charge in [-0.25, -0.2) is 4.98 Å². The lowest BCUT2D eigenvalue weighted by atomic mass is 10.1. The second-order valence-electron chi connectivity index (χ2n) is 10.0. The molecular formula is C30H34N6O3. The molecule has 2 aliphatic rings. The van der Waals surface area contributed by atoms with E-state index in [4.69, 9.17) is 15.0 Å². The third kappa shape index (κ3) is 6.13. The number of fused-ring (bicyclic) bond motifs is 1. The molecule has 2 saturated heterocycles. The van der Waals surface area contributed by atoms with Gasteiger partial charge in [-0.05, 0) is 50.1 Å². The highest BCUT2D eigenvalue weighted by atomic mass is 16.5. The lowest BCUT2D eigenvalue weighted by molar-refractivity contribution is -0.135. The molecule has 2 amide bonds. The van der Waals surface area contributed by atoms with Crippen molar-refractivity contribution in [3.63, 3.8) is 0 Å². The molecule has 3 aromatic rings. The van der Waals surface area contributed by atoms with Crippen LogP contribution in [0.5, 0.6) is 5.75 Å². The molecule has 1 aromatic heterocycles. The molecule has 2 aromatic carbocycles. The summed E-state index contributed by atoms with van der Waals surface area (Å²) in [5.41, 5.74) is 1.87. The van der Waals surface area contributed by atoms with Crippen molar-refractivity contribution in [2.45, 2.75) is 25.8 Å². The first-order chi connectivity index (χ1) is 19.0. The Morgan fingerprint density at radius 2 is 1.79 bits per heavy atom. The average molecular weight is 527 g/mol. The van der Waals surface area contributed by atoms with Crippen LogP contribution in [0.1, 0.15) is 35.7 Å². The van der Waals surface area contributed by atoms with Crippen molar-refractivity contribution in [3.8, 4) is 11.8 Å². The monoisotopic (exact) mass is 526 g/mol. The molecule has 1 unspecified atom stereocenters. The minimum atomic E-state index is -0.187. The van der Waals surface area contributed by atoms with Crippen LogP contribution in [0.25, 0.3) is 10.9 Å². The molecule has 9 nitrogen and oxygen atoms in total. The zero-order valence-corrected chi connectivity index (χ0v) is 22.3. The first-order valence-corrected chi connectivity index (χ1v) is 13.6. The summed E-state index contributed by atoms with van der Waals surface area (Å²) in [7, 11) is 0. The van der Waals surface area contributed by atoms with Crippen LogP contribution >= 0.6 is 0 Å². The summed E-state index contributed by atoms with van der Waals surface area (Å²) in [6.45, 7) is 7.36. The normalized spacial score (nSPS) is 16.6. The van der Waals surface area contributed by atoms with Gasteiger partial charge in [0.15, 0.2) is 0 Å². The van der Waals surface area contributed by atoms with E-state index in [0.717, 1.165) is 68.8 Å². The molecule has 5 rings (SSSR count). The molecular weight excluding hydrogens is 492 g/mol. The van der Waals surface area contributed by atoms with Crippen LogP contribution in [0.3, 0.4) is 0 Å². The van der Waals surface area contributed by atoms with E-state index in [1.165, 1.54) is 0 Å². The van der Waals surface area contributed by atoms with Gasteiger partial charge in [-0.2, -0.15) is 5.26 Å². The Hall–Kier alpha value is -4.16. The summed E-state index contributed by atoms with van der Waals surface area (Å²) in [6, 6.07) is 18.4. The number of hydrogen-bond acceptors (Lipinski definition) is 7. The van der Waals surface area contributed by atoms with Gasteiger partial charge in [0, 0.05) is 44.7 Å². The number of nitrogens with one attached hydrogen (secondary N) is 1. The van der Waals surface area contributed by atoms with Crippen molar-refractivity contribution in [1.82, 2.24) is 20.1 Å². The molecule has 0 saturated carbocycles. The van der Waals surface area contributed by atoms with E-state index in [1.807, 2.05) is 42.2 Å². The number of likely N-dealkylation sites (tertiary alicyclic amines) is 1. The van der Waals surface area contributed by atoms with Crippen LogP contribution < -0.4 is 15.0 Å².